The number of hydrogen-bond donors (Lipinski definition) is 1. The van der Waals surface area contributed by atoms with E-state index < -0.39 is 0 Å². The highest BCUT2D eigenvalue weighted by Crippen LogP contribution is 2.10. The molecule has 0 spiro atoms. The van der Waals surface area contributed by atoms with Crippen molar-refractivity contribution in [3.63, 3.8) is 0 Å². The van der Waals surface area contributed by atoms with E-state index in [0.717, 1.165) is 32.6 Å². The first kappa shape index (κ1) is 12.2. The molecular formula is C13H22N2. The summed E-state index contributed by atoms with van der Waals surface area (Å²) in [5, 5.41) is 0. The fourth-order valence-electron chi connectivity index (χ4n) is 1.69. The van der Waals surface area contributed by atoms with Crippen molar-refractivity contribution in [1.82, 2.24) is 4.90 Å². The lowest BCUT2D eigenvalue weighted by Crippen LogP contribution is -2.26. The Bertz CT molecular complexity index is 284. The summed E-state index contributed by atoms with van der Waals surface area (Å²) in [6.45, 7) is 8.39. The summed E-state index contributed by atoms with van der Waals surface area (Å²) in [5.41, 5.74) is 8.33. The third kappa shape index (κ3) is 4.02. The topological polar surface area (TPSA) is 29.3 Å². The van der Waals surface area contributed by atoms with Crippen LogP contribution in [0.2, 0.25) is 0 Å². The van der Waals surface area contributed by atoms with Gasteiger partial charge in [0.2, 0.25) is 0 Å². The molecule has 1 rings (SSSR count). The number of benzene rings is 1. The lowest BCUT2D eigenvalue weighted by atomic mass is 10.1. The van der Waals surface area contributed by atoms with Crippen molar-refractivity contribution in [2.45, 2.75) is 26.8 Å². The Hall–Kier alpha value is -0.860. The molecule has 0 heterocycles. The molecular weight excluding hydrogens is 184 g/mol. The molecule has 15 heavy (non-hydrogen) atoms. The molecule has 0 aromatic heterocycles. The molecule has 2 nitrogen and oxygen atoms in total. The van der Waals surface area contributed by atoms with Gasteiger partial charge in [-0.15, -0.1) is 0 Å². The molecule has 0 bridgehead atoms. The molecule has 0 aliphatic carbocycles. The van der Waals surface area contributed by atoms with E-state index >= 15 is 0 Å². The Kier molecular flexibility index (Phi) is 5.37. The van der Waals surface area contributed by atoms with Crippen LogP contribution in [-0.4, -0.2) is 24.5 Å². The third-order valence-corrected chi connectivity index (χ3v) is 2.78. The van der Waals surface area contributed by atoms with Crippen molar-refractivity contribution in [3.05, 3.63) is 35.4 Å². The van der Waals surface area contributed by atoms with E-state index in [-0.39, 0.29) is 0 Å². The summed E-state index contributed by atoms with van der Waals surface area (Å²) in [5.74, 6) is 0. The third-order valence-electron chi connectivity index (χ3n) is 2.78. The standard InChI is InChI=1S/C13H22N2/c1-3-15(10-6-9-14)11-13-8-5-4-7-12(13)2/h4-5,7-8H,3,6,9-11,14H2,1-2H3. The zero-order valence-electron chi connectivity index (χ0n) is 9.87. The minimum absolute atomic E-state index is 0.782. The first-order valence-corrected chi connectivity index (χ1v) is 5.74. The largest absolute Gasteiger partial charge is 0.330 e. The second-order valence-corrected chi connectivity index (χ2v) is 3.94. The maximum absolute atomic E-state index is 5.53. The molecule has 0 atom stereocenters. The molecule has 1 aromatic carbocycles. The number of hydrogen-bond acceptors (Lipinski definition) is 2. The fourth-order valence-corrected chi connectivity index (χ4v) is 1.69. The highest BCUT2D eigenvalue weighted by atomic mass is 15.1. The second-order valence-electron chi connectivity index (χ2n) is 3.94. The normalized spacial score (nSPS) is 10.9. The average Bonchev–Trinajstić information content (AvgIpc) is 2.26. The molecule has 1 aromatic rings. The van der Waals surface area contributed by atoms with E-state index in [1.165, 1.54) is 11.1 Å². The van der Waals surface area contributed by atoms with Gasteiger partial charge in [0.05, 0.1) is 0 Å². The van der Waals surface area contributed by atoms with Gasteiger partial charge in [-0.05, 0) is 44.1 Å². The molecule has 0 saturated carbocycles. The van der Waals surface area contributed by atoms with Crippen LogP contribution in [0.1, 0.15) is 24.5 Å². The van der Waals surface area contributed by atoms with E-state index in [9.17, 15) is 0 Å². The number of rotatable bonds is 6. The molecule has 0 aliphatic rings. The molecule has 0 radical (unpaired) electrons. The smallest absolute Gasteiger partial charge is 0.0236 e. The van der Waals surface area contributed by atoms with E-state index in [1.54, 1.807) is 0 Å². The minimum atomic E-state index is 0.782. The summed E-state index contributed by atoms with van der Waals surface area (Å²) in [6, 6.07) is 8.58. The van der Waals surface area contributed by atoms with E-state index in [1.807, 2.05) is 0 Å². The molecule has 0 fully saturated rings. The molecule has 84 valence electrons. The van der Waals surface area contributed by atoms with Crippen LogP contribution in [0.25, 0.3) is 0 Å². The van der Waals surface area contributed by atoms with Crippen molar-refractivity contribution >= 4 is 0 Å². The lowest BCUT2D eigenvalue weighted by Gasteiger charge is -2.21. The van der Waals surface area contributed by atoms with Crippen LogP contribution in [0.5, 0.6) is 0 Å². The van der Waals surface area contributed by atoms with Gasteiger partial charge in [0.1, 0.15) is 0 Å². The van der Waals surface area contributed by atoms with Crippen molar-refractivity contribution in [3.8, 4) is 0 Å². The monoisotopic (exact) mass is 206 g/mol. The van der Waals surface area contributed by atoms with Gasteiger partial charge in [-0.25, -0.2) is 0 Å². The summed E-state index contributed by atoms with van der Waals surface area (Å²) in [6.07, 6.45) is 1.08. The molecule has 2 N–H and O–H groups in total. The highest BCUT2D eigenvalue weighted by Gasteiger charge is 2.04. The predicted octanol–water partition coefficient (Wildman–Crippen LogP) is 2.17. The van der Waals surface area contributed by atoms with E-state index in [4.69, 9.17) is 5.73 Å². The number of nitrogens with zero attached hydrogens (tertiary/aromatic N) is 1. The van der Waals surface area contributed by atoms with E-state index in [2.05, 4.69) is 43.0 Å². The zero-order valence-corrected chi connectivity index (χ0v) is 9.87. The Morgan fingerprint density at radius 3 is 2.60 bits per heavy atom. The zero-order chi connectivity index (χ0) is 11.1. The summed E-state index contributed by atoms with van der Waals surface area (Å²) in [4.78, 5) is 2.44. The Balaban J connectivity index is 2.54. The lowest BCUT2D eigenvalue weighted by molar-refractivity contribution is 0.277. The van der Waals surface area contributed by atoms with Gasteiger partial charge in [0.25, 0.3) is 0 Å². The first-order chi connectivity index (χ1) is 7.27. The molecule has 0 unspecified atom stereocenters. The maximum Gasteiger partial charge on any atom is 0.0236 e. The number of aryl methyl sites for hydroxylation is 1. The van der Waals surface area contributed by atoms with Crippen LogP contribution in [0.3, 0.4) is 0 Å². The fraction of sp³-hybridized carbons (Fsp3) is 0.538. The average molecular weight is 206 g/mol. The molecule has 0 aliphatic heterocycles. The molecule has 0 amide bonds. The van der Waals surface area contributed by atoms with Crippen LogP contribution in [0, 0.1) is 6.92 Å². The molecule has 2 heteroatoms. The summed E-state index contributed by atoms with van der Waals surface area (Å²) in [7, 11) is 0. The van der Waals surface area contributed by atoms with Gasteiger partial charge in [-0.1, -0.05) is 31.2 Å². The van der Waals surface area contributed by atoms with Gasteiger partial charge >= 0.3 is 0 Å². The summed E-state index contributed by atoms with van der Waals surface area (Å²) < 4.78 is 0. The second kappa shape index (κ2) is 6.59. The SMILES string of the molecule is CCN(CCCN)Cc1ccccc1C. The predicted molar refractivity (Wildman–Crippen MR) is 65.8 cm³/mol. The number of nitrogens with two attached hydrogens (primary N) is 1. The maximum atomic E-state index is 5.53. The molecule has 0 saturated heterocycles. The Morgan fingerprint density at radius 1 is 1.27 bits per heavy atom. The minimum Gasteiger partial charge on any atom is -0.330 e. The van der Waals surface area contributed by atoms with Gasteiger partial charge in [0.15, 0.2) is 0 Å². The quantitative estimate of drug-likeness (QED) is 0.773. The Morgan fingerprint density at radius 2 is 2.00 bits per heavy atom. The Labute approximate surface area is 93.1 Å². The summed E-state index contributed by atoms with van der Waals surface area (Å²) >= 11 is 0. The van der Waals surface area contributed by atoms with Crippen molar-refractivity contribution in [2.24, 2.45) is 5.73 Å². The van der Waals surface area contributed by atoms with Gasteiger partial charge in [-0.3, -0.25) is 4.90 Å². The van der Waals surface area contributed by atoms with Crippen molar-refractivity contribution < 1.29 is 0 Å². The van der Waals surface area contributed by atoms with Gasteiger partial charge < -0.3 is 5.73 Å². The van der Waals surface area contributed by atoms with Crippen LogP contribution in [0.15, 0.2) is 24.3 Å². The van der Waals surface area contributed by atoms with Crippen LogP contribution < -0.4 is 5.73 Å². The van der Waals surface area contributed by atoms with Gasteiger partial charge in [0, 0.05) is 6.54 Å². The van der Waals surface area contributed by atoms with Crippen molar-refractivity contribution in [1.29, 1.82) is 0 Å². The van der Waals surface area contributed by atoms with E-state index in [0.29, 0.717) is 0 Å². The van der Waals surface area contributed by atoms with Crippen molar-refractivity contribution in [2.75, 3.05) is 19.6 Å². The van der Waals surface area contributed by atoms with Crippen LogP contribution >= 0.6 is 0 Å². The first-order valence-electron chi connectivity index (χ1n) is 5.74. The highest BCUT2D eigenvalue weighted by molar-refractivity contribution is 5.25. The van der Waals surface area contributed by atoms with Gasteiger partial charge in [-0.2, -0.15) is 0 Å². The van der Waals surface area contributed by atoms with Crippen LogP contribution in [-0.2, 0) is 6.54 Å². The van der Waals surface area contributed by atoms with Crippen LogP contribution in [0.4, 0.5) is 0 Å².